The Morgan fingerprint density at radius 3 is 1.96 bits per heavy atom. The summed E-state index contributed by atoms with van der Waals surface area (Å²) in [7, 11) is 0. The maximum absolute atomic E-state index is 10.2. The van der Waals surface area contributed by atoms with Crippen LogP contribution in [0.2, 0.25) is 0 Å². The molecule has 0 radical (unpaired) electrons. The molecule has 2 rings (SSSR count). The maximum atomic E-state index is 10.2. The van der Waals surface area contributed by atoms with Crippen LogP contribution in [0.15, 0.2) is 0 Å². The lowest BCUT2D eigenvalue weighted by molar-refractivity contribution is -0.383. The van der Waals surface area contributed by atoms with Gasteiger partial charge in [0.05, 0.1) is 21.3 Å². The summed E-state index contributed by atoms with van der Waals surface area (Å²) in [5, 5.41) is 78.5. The van der Waals surface area contributed by atoms with Crippen molar-refractivity contribution in [3.8, 4) is 0 Å². The summed E-state index contributed by atoms with van der Waals surface area (Å²) in [4.78, 5) is 0. The molecule has 0 aliphatic carbocycles. The molecule has 0 saturated carbocycles. The molecule has 0 amide bonds. The number of rotatable bonds is 5. The second-order valence-electron chi connectivity index (χ2n) is 5.03. The Kier molecular flexibility index (Phi) is 3.76. The molecule has 23 heavy (non-hydrogen) atoms. The number of aliphatic hydroxyl groups is 8. The van der Waals surface area contributed by atoms with Crippen molar-refractivity contribution in [2.24, 2.45) is 0 Å². The monoisotopic (exact) mass is 348 g/mol. The molecule has 11 heteroatoms. The maximum Gasteiger partial charge on any atom is 0.224 e. The number of ether oxygens (including phenoxy) is 3. The van der Waals surface area contributed by atoms with E-state index in [9.17, 15) is 40.9 Å². The van der Waals surface area contributed by atoms with Crippen molar-refractivity contribution in [1.82, 2.24) is 0 Å². The van der Waals surface area contributed by atoms with Gasteiger partial charge in [0.15, 0.2) is 6.29 Å². The molecular weight excluding hydrogens is 320 g/mol. The third kappa shape index (κ3) is 3.23. The van der Waals surface area contributed by atoms with Crippen LogP contribution >= 0.6 is 0 Å². The molecule has 2 aliphatic rings. The molecule has 11 nitrogen and oxygen atoms in total. The second kappa shape index (κ2) is 7.21. The van der Waals surface area contributed by atoms with E-state index in [1.165, 1.54) is 0 Å². The molecular formula is C12H22O11. The van der Waals surface area contributed by atoms with Gasteiger partial charge in [0.1, 0.15) is 49.3 Å². The summed E-state index contributed by atoms with van der Waals surface area (Å²) in [5.41, 5.74) is 0. The molecule has 0 bridgehead atoms. The fourth-order valence-electron chi connectivity index (χ4n) is 2.26. The van der Waals surface area contributed by atoms with Gasteiger partial charge in [0.25, 0.3) is 0 Å². The molecule has 2 heterocycles. The van der Waals surface area contributed by atoms with Gasteiger partial charge in [-0.1, -0.05) is 0 Å². The van der Waals surface area contributed by atoms with E-state index in [2.05, 4.69) is 0 Å². The van der Waals surface area contributed by atoms with Crippen LogP contribution in [0.25, 0.3) is 0 Å². The summed E-state index contributed by atoms with van der Waals surface area (Å²) < 4.78 is 58.2. The van der Waals surface area contributed by atoms with E-state index in [1.54, 1.807) is 0 Å². The van der Waals surface area contributed by atoms with Gasteiger partial charge in [-0.3, -0.25) is 0 Å². The molecule has 2 fully saturated rings. The first kappa shape index (κ1) is 12.0. The SMILES string of the molecule is [2H]C([2H])(O)[C@H]1O[C@](OC2O[C@H](C([2H])([2H])O)[C@@H](O)[C@H](O)[C@H]2O)(C([2H])([2H])O)[C@@H](O)[C@@H]1O. The highest BCUT2D eigenvalue weighted by atomic mass is 16.8. The summed E-state index contributed by atoms with van der Waals surface area (Å²) in [6, 6.07) is 0. The molecule has 0 aromatic carbocycles. The Morgan fingerprint density at radius 2 is 1.48 bits per heavy atom. The van der Waals surface area contributed by atoms with Crippen molar-refractivity contribution in [1.29, 1.82) is 0 Å². The predicted molar refractivity (Wildman–Crippen MR) is 68.6 cm³/mol. The van der Waals surface area contributed by atoms with E-state index >= 15 is 0 Å². The molecule has 0 aromatic rings. The normalized spacial score (nSPS) is 56.9. The highest BCUT2D eigenvalue weighted by Gasteiger charge is 2.58. The Hall–Kier alpha value is -0.440. The molecule has 0 aromatic heterocycles. The minimum Gasteiger partial charge on any atom is -0.394 e. The standard InChI is InChI=1S/C12H22O11/c13-1-4-6(16)8(18)9(19)11(21-4)23-12(3-15)10(20)7(17)5(2-14)22-12/h4-11,13-20H,1-3H2/t4-,5-,6-,7-,8+,9-,10+,11?,12+/m1/s1/i1D2,2D2,3D2. The first-order valence-electron chi connectivity index (χ1n) is 9.43. The first-order valence-corrected chi connectivity index (χ1v) is 6.43. The van der Waals surface area contributed by atoms with Crippen LogP contribution in [0.1, 0.15) is 8.22 Å². The van der Waals surface area contributed by atoms with Gasteiger partial charge < -0.3 is 55.1 Å². The predicted octanol–water partition coefficient (Wildman–Crippen LogP) is -5.40. The minimum atomic E-state index is -3.76. The minimum absolute atomic E-state index is 2.19. The number of aliphatic hydroxyl groups excluding tert-OH is 5. The first-order chi connectivity index (χ1) is 12.8. The largest absolute Gasteiger partial charge is 0.394 e. The van der Waals surface area contributed by atoms with Gasteiger partial charge >= 0.3 is 0 Å². The fraction of sp³-hybridized carbons (Fsp3) is 1.00. The Balaban J connectivity index is 2.43. The fourth-order valence-corrected chi connectivity index (χ4v) is 2.26. The van der Waals surface area contributed by atoms with Crippen LogP contribution in [0.3, 0.4) is 0 Å². The van der Waals surface area contributed by atoms with Crippen LogP contribution in [0, 0.1) is 0 Å². The third-order valence-electron chi connectivity index (χ3n) is 3.60. The highest BCUT2D eigenvalue weighted by Crippen LogP contribution is 2.35. The van der Waals surface area contributed by atoms with E-state index in [1.807, 2.05) is 0 Å². The van der Waals surface area contributed by atoms with E-state index in [-0.39, 0.29) is 0 Å². The van der Waals surface area contributed by atoms with Gasteiger partial charge in [-0.15, -0.1) is 0 Å². The van der Waals surface area contributed by atoms with Crippen LogP contribution in [0.5, 0.6) is 0 Å². The van der Waals surface area contributed by atoms with Crippen molar-refractivity contribution >= 4 is 0 Å². The topological polar surface area (TPSA) is 190 Å². The molecule has 1 unspecified atom stereocenters. The van der Waals surface area contributed by atoms with Crippen molar-refractivity contribution < 1.29 is 63.3 Å². The summed E-state index contributed by atoms with van der Waals surface area (Å²) >= 11 is 0. The van der Waals surface area contributed by atoms with Crippen molar-refractivity contribution in [2.75, 3.05) is 19.7 Å². The van der Waals surface area contributed by atoms with Crippen molar-refractivity contribution in [3.63, 3.8) is 0 Å². The molecule has 2 aliphatic heterocycles. The molecule has 9 atom stereocenters. The van der Waals surface area contributed by atoms with Gasteiger partial charge in [-0.05, 0) is 0 Å². The lowest BCUT2D eigenvalue weighted by atomic mass is 9.99. The Labute approximate surface area is 139 Å². The van der Waals surface area contributed by atoms with Crippen LogP contribution in [-0.2, 0) is 14.2 Å². The highest BCUT2D eigenvalue weighted by molar-refractivity contribution is 4.98. The van der Waals surface area contributed by atoms with E-state index in [0.717, 1.165) is 0 Å². The van der Waals surface area contributed by atoms with Crippen LogP contribution in [0.4, 0.5) is 0 Å². The van der Waals surface area contributed by atoms with E-state index in [0.29, 0.717) is 0 Å². The Bertz CT molecular complexity index is 594. The lowest BCUT2D eigenvalue weighted by Crippen LogP contribution is -2.62. The Morgan fingerprint density at radius 1 is 0.870 bits per heavy atom. The van der Waals surface area contributed by atoms with E-state index in [4.69, 9.17) is 22.4 Å². The molecule has 0 spiro atoms. The van der Waals surface area contributed by atoms with Gasteiger partial charge in [-0.25, -0.2) is 0 Å². The van der Waals surface area contributed by atoms with Gasteiger partial charge in [-0.2, -0.15) is 0 Å². The zero-order chi connectivity index (χ0) is 22.7. The number of hydrogen-bond donors (Lipinski definition) is 8. The van der Waals surface area contributed by atoms with E-state index < -0.39 is 74.5 Å². The zero-order valence-electron chi connectivity index (χ0n) is 17.4. The second-order valence-corrected chi connectivity index (χ2v) is 5.03. The van der Waals surface area contributed by atoms with Gasteiger partial charge in [0.2, 0.25) is 5.79 Å². The quantitative estimate of drug-likeness (QED) is 0.237. The summed E-state index contributed by atoms with van der Waals surface area (Å²) in [6.07, 6.45) is -18.7. The average Bonchev–Trinajstić information content (AvgIpc) is 2.79. The smallest absolute Gasteiger partial charge is 0.224 e. The molecule has 136 valence electrons. The lowest BCUT2D eigenvalue weighted by Gasteiger charge is -2.43. The van der Waals surface area contributed by atoms with Crippen molar-refractivity contribution in [3.05, 3.63) is 0 Å². The van der Waals surface area contributed by atoms with Gasteiger partial charge in [0, 0.05) is 0 Å². The third-order valence-corrected chi connectivity index (χ3v) is 3.60. The molecule has 8 N–H and O–H groups in total. The molecule has 2 saturated heterocycles. The number of hydrogen-bond acceptors (Lipinski definition) is 11. The zero-order valence-corrected chi connectivity index (χ0v) is 11.4. The summed E-state index contributed by atoms with van der Waals surface area (Å²) in [6.45, 7) is -10.4. The average molecular weight is 348 g/mol. The van der Waals surface area contributed by atoms with Crippen LogP contribution < -0.4 is 0 Å². The van der Waals surface area contributed by atoms with Crippen LogP contribution in [-0.4, -0.2) is 115 Å². The summed E-state index contributed by atoms with van der Waals surface area (Å²) in [5.74, 6) is -3.42. The van der Waals surface area contributed by atoms with Crippen molar-refractivity contribution in [2.45, 2.75) is 54.8 Å².